The second-order valence-corrected chi connectivity index (χ2v) is 6.28. The maximum Gasteiger partial charge on any atom is 0.283 e. The third kappa shape index (κ3) is 4.16. The van der Waals surface area contributed by atoms with Gasteiger partial charge in [-0.2, -0.15) is 5.10 Å². The summed E-state index contributed by atoms with van der Waals surface area (Å²) < 4.78 is 12.7. The lowest BCUT2D eigenvalue weighted by Crippen LogP contribution is -2.29. The SMILES string of the molecule is CCCN(Cc1nnc(-c2ccco2)o1)C(=O)C=Cc1c(C)nn(C)c1C. The average molecular weight is 369 g/mol. The van der Waals surface area contributed by atoms with E-state index in [1.807, 2.05) is 33.9 Å². The van der Waals surface area contributed by atoms with Crippen LogP contribution in [0.4, 0.5) is 0 Å². The molecule has 3 rings (SSSR count). The van der Waals surface area contributed by atoms with Crippen LogP contribution < -0.4 is 0 Å². The molecule has 0 spiro atoms. The molecule has 1 amide bonds. The van der Waals surface area contributed by atoms with Crippen LogP contribution in [0.2, 0.25) is 0 Å². The summed E-state index contributed by atoms with van der Waals surface area (Å²) in [6.07, 6.45) is 5.74. The van der Waals surface area contributed by atoms with Crippen molar-refractivity contribution in [2.24, 2.45) is 7.05 Å². The smallest absolute Gasteiger partial charge is 0.283 e. The van der Waals surface area contributed by atoms with Gasteiger partial charge in [0.2, 0.25) is 11.8 Å². The van der Waals surface area contributed by atoms with Crippen LogP contribution in [0.15, 0.2) is 33.3 Å². The number of aromatic nitrogens is 4. The van der Waals surface area contributed by atoms with Gasteiger partial charge in [-0.05, 0) is 38.5 Å². The van der Waals surface area contributed by atoms with E-state index in [-0.39, 0.29) is 12.5 Å². The third-order valence-corrected chi connectivity index (χ3v) is 4.29. The van der Waals surface area contributed by atoms with Crippen molar-refractivity contribution in [2.75, 3.05) is 6.54 Å². The summed E-state index contributed by atoms with van der Waals surface area (Å²) in [4.78, 5) is 14.4. The van der Waals surface area contributed by atoms with Gasteiger partial charge in [0.25, 0.3) is 5.89 Å². The van der Waals surface area contributed by atoms with Gasteiger partial charge < -0.3 is 13.7 Å². The number of carbonyl (C=O) groups excluding carboxylic acids is 1. The fourth-order valence-corrected chi connectivity index (χ4v) is 2.81. The highest BCUT2D eigenvalue weighted by Gasteiger charge is 2.17. The Kier molecular flexibility index (Phi) is 5.54. The van der Waals surface area contributed by atoms with E-state index in [4.69, 9.17) is 8.83 Å². The predicted octanol–water partition coefficient (Wildman–Crippen LogP) is 3.13. The van der Waals surface area contributed by atoms with Gasteiger partial charge in [0.15, 0.2) is 5.76 Å². The van der Waals surface area contributed by atoms with E-state index >= 15 is 0 Å². The fourth-order valence-electron chi connectivity index (χ4n) is 2.81. The first-order valence-electron chi connectivity index (χ1n) is 8.83. The number of amides is 1. The van der Waals surface area contributed by atoms with Crippen LogP contribution in [0.3, 0.4) is 0 Å². The largest absolute Gasteiger partial charge is 0.459 e. The number of nitrogens with zero attached hydrogens (tertiary/aromatic N) is 5. The number of hydrogen-bond acceptors (Lipinski definition) is 6. The molecule has 0 aliphatic heterocycles. The van der Waals surface area contributed by atoms with Crippen LogP contribution in [-0.4, -0.2) is 37.3 Å². The molecule has 0 unspecified atom stereocenters. The van der Waals surface area contributed by atoms with Crippen LogP contribution in [0.5, 0.6) is 0 Å². The third-order valence-electron chi connectivity index (χ3n) is 4.29. The van der Waals surface area contributed by atoms with Gasteiger partial charge in [0, 0.05) is 30.9 Å². The Labute approximate surface area is 157 Å². The van der Waals surface area contributed by atoms with E-state index < -0.39 is 0 Å². The van der Waals surface area contributed by atoms with Crippen LogP contribution in [-0.2, 0) is 18.4 Å². The standard InChI is InChI=1S/C19H23N5O3/c1-5-10-24(12-17-20-21-19(27-17)16-7-6-11-26-16)18(25)9-8-15-13(2)22-23(4)14(15)3/h6-9,11H,5,10,12H2,1-4H3. The Morgan fingerprint density at radius 2 is 2.15 bits per heavy atom. The molecule has 0 aliphatic rings. The van der Waals surface area contributed by atoms with Crippen molar-refractivity contribution in [3.8, 4) is 11.7 Å². The van der Waals surface area contributed by atoms with Gasteiger partial charge in [-0.15, -0.1) is 10.2 Å². The Morgan fingerprint density at radius 1 is 1.33 bits per heavy atom. The lowest BCUT2D eigenvalue weighted by Gasteiger charge is -2.18. The molecule has 3 heterocycles. The van der Waals surface area contributed by atoms with Crippen molar-refractivity contribution in [1.29, 1.82) is 0 Å². The van der Waals surface area contributed by atoms with Gasteiger partial charge in [-0.1, -0.05) is 6.92 Å². The first-order chi connectivity index (χ1) is 13.0. The lowest BCUT2D eigenvalue weighted by molar-refractivity contribution is -0.126. The van der Waals surface area contributed by atoms with Crippen LogP contribution in [0.25, 0.3) is 17.7 Å². The summed E-state index contributed by atoms with van der Waals surface area (Å²) in [7, 11) is 1.89. The molecule has 0 N–H and O–H groups in total. The molecule has 0 radical (unpaired) electrons. The molecule has 0 bridgehead atoms. The molecule has 0 aromatic carbocycles. The molecule has 8 heteroatoms. The van der Waals surface area contributed by atoms with Crippen molar-refractivity contribution < 1.29 is 13.6 Å². The quantitative estimate of drug-likeness (QED) is 0.594. The summed E-state index contributed by atoms with van der Waals surface area (Å²) in [5.41, 5.74) is 2.86. The minimum atomic E-state index is -0.114. The zero-order chi connectivity index (χ0) is 19.4. The molecule has 0 atom stereocenters. The van der Waals surface area contributed by atoms with Crippen molar-refractivity contribution >= 4 is 12.0 Å². The molecule has 142 valence electrons. The second-order valence-electron chi connectivity index (χ2n) is 6.28. The normalized spacial score (nSPS) is 11.4. The number of carbonyl (C=O) groups is 1. The molecular weight excluding hydrogens is 346 g/mol. The highest BCUT2D eigenvalue weighted by Crippen LogP contribution is 2.19. The average Bonchev–Trinajstić information content (AvgIpc) is 3.36. The van der Waals surface area contributed by atoms with Gasteiger partial charge in [-0.3, -0.25) is 9.48 Å². The summed E-state index contributed by atoms with van der Waals surface area (Å²) in [6.45, 7) is 6.75. The van der Waals surface area contributed by atoms with Crippen molar-refractivity contribution in [2.45, 2.75) is 33.7 Å². The van der Waals surface area contributed by atoms with Gasteiger partial charge in [0.1, 0.15) is 0 Å². The molecule has 0 aliphatic carbocycles. The van der Waals surface area contributed by atoms with Crippen LogP contribution in [0, 0.1) is 13.8 Å². The van der Waals surface area contributed by atoms with E-state index in [1.54, 1.807) is 34.1 Å². The van der Waals surface area contributed by atoms with Crippen molar-refractivity contribution in [3.63, 3.8) is 0 Å². The first-order valence-corrected chi connectivity index (χ1v) is 8.83. The molecule has 27 heavy (non-hydrogen) atoms. The Morgan fingerprint density at radius 3 is 2.78 bits per heavy atom. The second kappa shape index (κ2) is 8.03. The molecular formula is C19H23N5O3. The van der Waals surface area contributed by atoms with Crippen LogP contribution in [0.1, 0.15) is 36.2 Å². The number of aryl methyl sites for hydroxylation is 2. The van der Waals surface area contributed by atoms with Crippen molar-refractivity contribution in [1.82, 2.24) is 24.9 Å². The zero-order valence-electron chi connectivity index (χ0n) is 16.0. The molecule has 0 saturated heterocycles. The molecule has 8 nitrogen and oxygen atoms in total. The summed E-state index contributed by atoms with van der Waals surface area (Å²) in [6, 6.07) is 3.49. The van der Waals surface area contributed by atoms with E-state index in [9.17, 15) is 4.79 Å². The summed E-state index contributed by atoms with van der Waals surface area (Å²) in [5, 5.41) is 12.4. The lowest BCUT2D eigenvalue weighted by atomic mass is 10.2. The number of rotatable bonds is 7. The van der Waals surface area contributed by atoms with Gasteiger partial charge in [-0.25, -0.2) is 0 Å². The highest BCUT2D eigenvalue weighted by atomic mass is 16.4. The summed E-state index contributed by atoms with van der Waals surface area (Å²) >= 11 is 0. The highest BCUT2D eigenvalue weighted by molar-refractivity contribution is 5.92. The molecule has 0 saturated carbocycles. The van der Waals surface area contributed by atoms with Crippen LogP contribution >= 0.6 is 0 Å². The number of hydrogen-bond donors (Lipinski definition) is 0. The molecule has 0 fully saturated rings. The summed E-state index contributed by atoms with van der Waals surface area (Å²) in [5.74, 6) is 1.06. The fraction of sp³-hybridized carbons (Fsp3) is 0.368. The Hall–Kier alpha value is -3.16. The molecule has 3 aromatic rings. The minimum absolute atomic E-state index is 0.114. The molecule has 3 aromatic heterocycles. The Bertz CT molecular complexity index is 937. The maximum absolute atomic E-state index is 12.7. The maximum atomic E-state index is 12.7. The number of furan rings is 1. The van der Waals surface area contributed by atoms with Gasteiger partial charge in [0.05, 0.1) is 18.5 Å². The van der Waals surface area contributed by atoms with Crippen molar-refractivity contribution in [3.05, 3.63) is 47.3 Å². The zero-order valence-corrected chi connectivity index (χ0v) is 16.0. The van der Waals surface area contributed by atoms with E-state index in [2.05, 4.69) is 15.3 Å². The van der Waals surface area contributed by atoms with E-state index in [1.165, 1.54) is 0 Å². The Balaban J connectivity index is 1.73. The van der Waals surface area contributed by atoms with E-state index in [0.29, 0.717) is 24.1 Å². The predicted molar refractivity (Wildman–Crippen MR) is 99.4 cm³/mol. The first kappa shape index (κ1) is 18.6. The van der Waals surface area contributed by atoms with Gasteiger partial charge >= 0.3 is 0 Å². The monoisotopic (exact) mass is 369 g/mol. The van der Waals surface area contributed by atoms with E-state index in [0.717, 1.165) is 23.4 Å². The minimum Gasteiger partial charge on any atom is -0.459 e. The topological polar surface area (TPSA) is 90.2 Å².